The Morgan fingerprint density at radius 2 is 1.63 bits per heavy atom. The minimum absolute atomic E-state index is 0.530. The maximum atomic E-state index is 2.35. The summed E-state index contributed by atoms with van der Waals surface area (Å²) in [4.78, 5) is 0. The molecule has 0 saturated heterocycles. The fourth-order valence-electron chi connectivity index (χ4n) is 3.46. The van der Waals surface area contributed by atoms with E-state index in [1.165, 1.54) is 28.7 Å². The number of fused-ring (bicyclic) bond motifs is 3. The van der Waals surface area contributed by atoms with Crippen LogP contribution in [0.15, 0.2) is 72.8 Å². The van der Waals surface area contributed by atoms with E-state index in [9.17, 15) is 0 Å². The molecule has 2 aromatic carbocycles. The standard InChI is InChI=1S/C19H16/c1-2-7-14(8-3-1)19-13-15-9-6-12-16(15)17-10-4-5-11-18(17)19/h1-12,15,19H,13H2. The molecule has 0 radical (unpaired) electrons. The largest absolute Gasteiger partial charge is 0.0769 e. The summed E-state index contributed by atoms with van der Waals surface area (Å²) in [6.45, 7) is 0. The highest BCUT2D eigenvalue weighted by Gasteiger charge is 2.31. The molecule has 2 aliphatic rings. The lowest BCUT2D eigenvalue weighted by Gasteiger charge is -2.31. The molecule has 2 atom stereocenters. The number of benzene rings is 2. The normalized spacial score (nSPS) is 23.7. The van der Waals surface area contributed by atoms with E-state index in [1.54, 1.807) is 0 Å². The summed E-state index contributed by atoms with van der Waals surface area (Å²) >= 11 is 0. The Hall–Kier alpha value is -2.08. The smallest absolute Gasteiger partial charge is 0.0104 e. The molecule has 0 nitrogen and oxygen atoms in total. The Balaban J connectivity index is 1.88. The highest BCUT2D eigenvalue weighted by molar-refractivity contribution is 5.77. The second kappa shape index (κ2) is 4.24. The highest BCUT2D eigenvalue weighted by atomic mass is 14.3. The fraction of sp³-hybridized carbons (Fsp3) is 0.158. The summed E-state index contributed by atoms with van der Waals surface area (Å²) in [6.07, 6.45) is 8.04. The third kappa shape index (κ3) is 1.67. The van der Waals surface area contributed by atoms with E-state index < -0.39 is 0 Å². The maximum absolute atomic E-state index is 2.35. The van der Waals surface area contributed by atoms with E-state index in [0.717, 1.165) is 0 Å². The molecule has 0 saturated carbocycles. The van der Waals surface area contributed by atoms with Crippen molar-refractivity contribution >= 4 is 5.57 Å². The molecule has 0 amide bonds. The van der Waals surface area contributed by atoms with Crippen molar-refractivity contribution in [3.05, 3.63) is 89.5 Å². The summed E-state index contributed by atoms with van der Waals surface area (Å²) in [7, 11) is 0. The lowest BCUT2D eigenvalue weighted by molar-refractivity contribution is 0.628. The minimum Gasteiger partial charge on any atom is -0.0769 e. The number of allylic oxidation sites excluding steroid dienone is 4. The molecule has 0 aromatic heterocycles. The predicted octanol–water partition coefficient (Wildman–Crippen LogP) is 4.79. The van der Waals surface area contributed by atoms with Crippen molar-refractivity contribution in [2.75, 3.05) is 0 Å². The van der Waals surface area contributed by atoms with E-state index in [-0.39, 0.29) is 0 Å². The van der Waals surface area contributed by atoms with Gasteiger partial charge in [0.05, 0.1) is 0 Å². The fourth-order valence-corrected chi connectivity index (χ4v) is 3.46. The molecule has 19 heavy (non-hydrogen) atoms. The van der Waals surface area contributed by atoms with Crippen LogP contribution >= 0.6 is 0 Å². The average molecular weight is 244 g/mol. The molecule has 4 rings (SSSR count). The van der Waals surface area contributed by atoms with E-state index in [2.05, 4.69) is 72.8 Å². The molecule has 92 valence electrons. The van der Waals surface area contributed by atoms with Gasteiger partial charge in [-0.2, -0.15) is 0 Å². The van der Waals surface area contributed by atoms with Gasteiger partial charge in [0.1, 0.15) is 0 Å². The van der Waals surface area contributed by atoms with Crippen LogP contribution in [-0.2, 0) is 0 Å². The van der Waals surface area contributed by atoms with Gasteiger partial charge in [-0.3, -0.25) is 0 Å². The zero-order valence-corrected chi connectivity index (χ0v) is 10.8. The molecule has 2 aromatic rings. The molecule has 0 heteroatoms. The van der Waals surface area contributed by atoms with Crippen molar-refractivity contribution in [3.63, 3.8) is 0 Å². The lowest BCUT2D eigenvalue weighted by Crippen LogP contribution is -2.16. The van der Waals surface area contributed by atoms with Crippen LogP contribution in [0.5, 0.6) is 0 Å². The van der Waals surface area contributed by atoms with Gasteiger partial charge in [-0.05, 0) is 28.7 Å². The van der Waals surface area contributed by atoms with E-state index in [4.69, 9.17) is 0 Å². The Morgan fingerprint density at radius 1 is 0.842 bits per heavy atom. The number of hydrogen-bond acceptors (Lipinski definition) is 0. The Morgan fingerprint density at radius 3 is 2.53 bits per heavy atom. The topological polar surface area (TPSA) is 0 Å². The summed E-state index contributed by atoms with van der Waals surface area (Å²) in [5.74, 6) is 1.13. The summed E-state index contributed by atoms with van der Waals surface area (Å²) < 4.78 is 0. The average Bonchev–Trinajstić information content (AvgIpc) is 2.96. The van der Waals surface area contributed by atoms with Gasteiger partial charge in [0, 0.05) is 11.8 Å². The molecule has 0 aliphatic heterocycles. The Kier molecular flexibility index (Phi) is 2.41. The molecule has 0 heterocycles. The van der Waals surface area contributed by atoms with Crippen molar-refractivity contribution in [2.24, 2.45) is 5.92 Å². The Bertz CT molecular complexity index is 661. The van der Waals surface area contributed by atoms with Crippen molar-refractivity contribution in [3.8, 4) is 0 Å². The number of rotatable bonds is 1. The molecular weight excluding hydrogens is 228 g/mol. The number of hydrogen-bond donors (Lipinski definition) is 0. The van der Waals surface area contributed by atoms with Crippen LogP contribution in [0.2, 0.25) is 0 Å². The molecule has 0 fully saturated rings. The van der Waals surface area contributed by atoms with E-state index in [0.29, 0.717) is 11.8 Å². The van der Waals surface area contributed by atoms with Gasteiger partial charge in [-0.1, -0.05) is 72.8 Å². The second-order valence-electron chi connectivity index (χ2n) is 5.40. The van der Waals surface area contributed by atoms with Crippen molar-refractivity contribution in [1.82, 2.24) is 0 Å². The third-order valence-electron chi connectivity index (χ3n) is 4.36. The zero-order valence-electron chi connectivity index (χ0n) is 10.8. The molecule has 2 unspecified atom stereocenters. The lowest BCUT2D eigenvalue weighted by atomic mass is 9.72. The van der Waals surface area contributed by atoms with Crippen LogP contribution in [0.25, 0.3) is 5.57 Å². The molecule has 2 aliphatic carbocycles. The van der Waals surface area contributed by atoms with Crippen molar-refractivity contribution in [2.45, 2.75) is 12.3 Å². The van der Waals surface area contributed by atoms with Crippen LogP contribution in [0.3, 0.4) is 0 Å². The van der Waals surface area contributed by atoms with E-state index >= 15 is 0 Å². The molecule has 0 spiro atoms. The van der Waals surface area contributed by atoms with E-state index in [1.807, 2.05) is 0 Å². The molecule has 0 N–H and O–H groups in total. The first-order chi connectivity index (χ1) is 9.43. The quantitative estimate of drug-likeness (QED) is 0.676. The first-order valence-electron chi connectivity index (χ1n) is 6.96. The van der Waals surface area contributed by atoms with Gasteiger partial charge in [0.2, 0.25) is 0 Å². The van der Waals surface area contributed by atoms with Crippen LogP contribution in [0, 0.1) is 5.92 Å². The van der Waals surface area contributed by atoms with Gasteiger partial charge in [-0.15, -0.1) is 0 Å². The first kappa shape index (κ1) is 10.8. The van der Waals surface area contributed by atoms with Gasteiger partial charge in [-0.25, -0.2) is 0 Å². The zero-order chi connectivity index (χ0) is 12.7. The van der Waals surface area contributed by atoms with Gasteiger partial charge in [0.25, 0.3) is 0 Å². The maximum Gasteiger partial charge on any atom is 0.0104 e. The van der Waals surface area contributed by atoms with Crippen molar-refractivity contribution in [1.29, 1.82) is 0 Å². The highest BCUT2D eigenvalue weighted by Crippen LogP contribution is 2.47. The SMILES string of the molecule is C1=CC2CC(c3ccccc3)c3ccccc3C2=C1. The summed E-state index contributed by atoms with van der Waals surface area (Å²) in [6, 6.07) is 19.8. The molecule has 0 bridgehead atoms. The Labute approximate surface area is 114 Å². The van der Waals surface area contributed by atoms with Crippen LogP contribution < -0.4 is 0 Å². The minimum atomic E-state index is 0.530. The predicted molar refractivity (Wildman–Crippen MR) is 80.0 cm³/mol. The second-order valence-corrected chi connectivity index (χ2v) is 5.40. The monoisotopic (exact) mass is 244 g/mol. The first-order valence-corrected chi connectivity index (χ1v) is 6.96. The van der Waals surface area contributed by atoms with Crippen LogP contribution in [-0.4, -0.2) is 0 Å². The van der Waals surface area contributed by atoms with Crippen molar-refractivity contribution < 1.29 is 0 Å². The third-order valence-corrected chi connectivity index (χ3v) is 4.36. The van der Waals surface area contributed by atoms with Gasteiger partial charge >= 0.3 is 0 Å². The van der Waals surface area contributed by atoms with Crippen LogP contribution in [0.4, 0.5) is 0 Å². The van der Waals surface area contributed by atoms with Gasteiger partial charge < -0.3 is 0 Å². The summed E-state index contributed by atoms with van der Waals surface area (Å²) in [5.41, 5.74) is 5.87. The van der Waals surface area contributed by atoms with Crippen LogP contribution in [0.1, 0.15) is 29.0 Å². The summed E-state index contributed by atoms with van der Waals surface area (Å²) in [5, 5.41) is 0. The molecular formula is C19H16. The van der Waals surface area contributed by atoms with Gasteiger partial charge in [0.15, 0.2) is 0 Å².